The van der Waals surface area contributed by atoms with E-state index in [9.17, 15) is 19.3 Å². The highest BCUT2D eigenvalue weighted by molar-refractivity contribution is 5.76. The lowest BCUT2D eigenvalue weighted by Gasteiger charge is -2.17. The molecule has 1 aliphatic rings. The summed E-state index contributed by atoms with van der Waals surface area (Å²) in [5, 5.41) is 11.0. The summed E-state index contributed by atoms with van der Waals surface area (Å²) < 4.78 is 18.6. The van der Waals surface area contributed by atoms with Crippen molar-refractivity contribution in [3.05, 3.63) is 81.7 Å². The maximum Gasteiger partial charge on any atom is 0.310 e. The summed E-state index contributed by atoms with van der Waals surface area (Å²) in [5.41, 5.74) is 1.44. The van der Waals surface area contributed by atoms with E-state index in [1.807, 2.05) is 30.3 Å². The van der Waals surface area contributed by atoms with Gasteiger partial charge in [-0.25, -0.2) is 4.39 Å². The molecule has 1 aliphatic heterocycles. The first-order chi connectivity index (χ1) is 11.5. The number of hydrogen-bond acceptors (Lipinski definition) is 4. The average molecular weight is 329 g/mol. The van der Waals surface area contributed by atoms with Crippen LogP contribution in [0.1, 0.15) is 29.6 Å². The molecule has 1 heterocycles. The quantitative estimate of drug-likeness (QED) is 0.478. The number of carbonyl (C=O) groups is 1. The number of esters is 1. The first-order valence-electron chi connectivity index (χ1n) is 7.67. The van der Waals surface area contributed by atoms with Gasteiger partial charge in [0, 0.05) is 11.3 Å². The van der Waals surface area contributed by atoms with Crippen molar-refractivity contribution < 1.29 is 18.8 Å². The molecule has 2 aromatic carbocycles. The van der Waals surface area contributed by atoms with Gasteiger partial charge in [-0.3, -0.25) is 14.9 Å². The molecule has 0 amide bonds. The zero-order chi connectivity index (χ0) is 17.1. The molecule has 0 aliphatic carbocycles. The molecule has 0 N–H and O–H groups in total. The average Bonchev–Trinajstić information content (AvgIpc) is 2.96. The normalized spacial score (nSPS) is 21.3. The molecule has 6 heteroatoms. The van der Waals surface area contributed by atoms with Crippen LogP contribution >= 0.6 is 0 Å². The maximum atomic E-state index is 13.1. The lowest BCUT2D eigenvalue weighted by atomic mass is 9.83. The van der Waals surface area contributed by atoms with Gasteiger partial charge in [0.25, 0.3) is 0 Å². The minimum atomic E-state index is -0.637. The summed E-state index contributed by atoms with van der Waals surface area (Å²) in [6.45, 7) is -0.396. The molecule has 0 spiro atoms. The van der Waals surface area contributed by atoms with E-state index < -0.39 is 41.2 Å². The molecule has 3 rings (SSSR count). The van der Waals surface area contributed by atoms with Gasteiger partial charge in [0.1, 0.15) is 11.9 Å². The van der Waals surface area contributed by atoms with Crippen LogP contribution in [0.25, 0.3) is 0 Å². The predicted octanol–water partition coefficient (Wildman–Crippen LogP) is 3.49. The van der Waals surface area contributed by atoms with E-state index in [1.165, 1.54) is 24.3 Å². The van der Waals surface area contributed by atoms with Gasteiger partial charge in [-0.05, 0) is 23.3 Å². The second kappa shape index (κ2) is 6.78. The van der Waals surface area contributed by atoms with Crippen LogP contribution < -0.4 is 0 Å². The van der Waals surface area contributed by atoms with Gasteiger partial charge < -0.3 is 4.74 Å². The standard InChI is InChI=1S/C18H16FNO4/c19-14-8-6-12(7-9-14)16(11-20(22)23)15-10-17(24-18(15)21)13-4-2-1-3-5-13/h1-9,15-17H,10-11H2/t15-,16-,17+/m1/s1. The Balaban J connectivity index is 1.86. The summed E-state index contributed by atoms with van der Waals surface area (Å²) >= 11 is 0. The van der Waals surface area contributed by atoms with E-state index in [0.29, 0.717) is 12.0 Å². The van der Waals surface area contributed by atoms with E-state index in [-0.39, 0.29) is 0 Å². The number of benzene rings is 2. The van der Waals surface area contributed by atoms with Crippen LogP contribution in [0.3, 0.4) is 0 Å². The molecule has 0 radical (unpaired) electrons. The third-order valence-corrected chi connectivity index (χ3v) is 4.33. The minimum absolute atomic E-state index is 0.374. The van der Waals surface area contributed by atoms with Crippen molar-refractivity contribution in [3.63, 3.8) is 0 Å². The first kappa shape index (κ1) is 16.1. The van der Waals surface area contributed by atoms with Crippen LogP contribution in [-0.4, -0.2) is 17.4 Å². The summed E-state index contributed by atoms with van der Waals surface area (Å²) in [4.78, 5) is 22.9. The highest BCUT2D eigenvalue weighted by Gasteiger charge is 2.42. The molecule has 1 saturated heterocycles. The van der Waals surface area contributed by atoms with E-state index >= 15 is 0 Å². The van der Waals surface area contributed by atoms with Crippen molar-refractivity contribution in [1.29, 1.82) is 0 Å². The highest BCUT2D eigenvalue weighted by Crippen LogP contribution is 2.41. The molecular weight excluding hydrogens is 313 g/mol. The number of ether oxygens (including phenoxy) is 1. The number of nitrogens with zero attached hydrogens (tertiary/aromatic N) is 1. The third-order valence-electron chi connectivity index (χ3n) is 4.33. The molecule has 5 nitrogen and oxygen atoms in total. The maximum absolute atomic E-state index is 13.1. The Labute approximate surface area is 138 Å². The third kappa shape index (κ3) is 3.42. The monoisotopic (exact) mass is 329 g/mol. The molecular formula is C18H16FNO4. The number of carbonyl (C=O) groups excluding carboxylic acids is 1. The Bertz CT molecular complexity index is 732. The van der Waals surface area contributed by atoms with Crippen LogP contribution in [0.4, 0.5) is 4.39 Å². The zero-order valence-corrected chi connectivity index (χ0v) is 12.8. The summed E-state index contributed by atoms with van der Waals surface area (Å²) in [5.74, 6) is -2.12. The molecule has 24 heavy (non-hydrogen) atoms. The Morgan fingerprint density at radius 1 is 1.17 bits per heavy atom. The number of halogens is 1. The fourth-order valence-corrected chi connectivity index (χ4v) is 3.14. The Hall–Kier alpha value is -2.76. The largest absolute Gasteiger partial charge is 0.457 e. The molecule has 0 unspecified atom stereocenters. The van der Waals surface area contributed by atoms with Crippen molar-refractivity contribution in [2.75, 3.05) is 6.54 Å². The number of nitro groups is 1. The molecule has 1 fully saturated rings. The van der Waals surface area contributed by atoms with Crippen LogP contribution in [-0.2, 0) is 9.53 Å². The number of cyclic esters (lactones) is 1. The van der Waals surface area contributed by atoms with E-state index in [0.717, 1.165) is 5.56 Å². The van der Waals surface area contributed by atoms with Crippen LogP contribution in [0.15, 0.2) is 54.6 Å². The SMILES string of the molecule is O=C1O[C@H](c2ccccc2)C[C@@H]1[C@H](C[N+](=O)[O-])c1ccc(F)cc1. The molecule has 3 atom stereocenters. The zero-order valence-electron chi connectivity index (χ0n) is 12.8. The van der Waals surface area contributed by atoms with Gasteiger partial charge in [0.05, 0.1) is 11.8 Å². The van der Waals surface area contributed by atoms with E-state index in [1.54, 1.807) is 0 Å². The second-order valence-electron chi connectivity index (χ2n) is 5.85. The lowest BCUT2D eigenvalue weighted by Crippen LogP contribution is -2.24. The molecule has 0 saturated carbocycles. The smallest absolute Gasteiger partial charge is 0.310 e. The van der Waals surface area contributed by atoms with Gasteiger partial charge >= 0.3 is 5.97 Å². The van der Waals surface area contributed by atoms with Gasteiger partial charge in [-0.2, -0.15) is 0 Å². The molecule has 2 aromatic rings. The Morgan fingerprint density at radius 2 is 1.83 bits per heavy atom. The summed E-state index contributed by atoms with van der Waals surface area (Å²) in [7, 11) is 0. The summed E-state index contributed by atoms with van der Waals surface area (Å²) in [6, 6.07) is 14.8. The van der Waals surface area contributed by atoms with Gasteiger partial charge in [-0.1, -0.05) is 42.5 Å². The highest BCUT2D eigenvalue weighted by atomic mass is 19.1. The van der Waals surface area contributed by atoms with Crippen LogP contribution in [0.2, 0.25) is 0 Å². The molecule has 124 valence electrons. The lowest BCUT2D eigenvalue weighted by molar-refractivity contribution is -0.484. The van der Waals surface area contributed by atoms with Crippen molar-refractivity contribution in [1.82, 2.24) is 0 Å². The van der Waals surface area contributed by atoms with Crippen molar-refractivity contribution in [2.24, 2.45) is 5.92 Å². The molecule has 0 bridgehead atoms. The summed E-state index contributed by atoms with van der Waals surface area (Å²) in [6.07, 6.45) is -0.0305. The van der Waals surface area contributed by atoms with Gasteiger partial charge in [-0.15, -0.1) is 0 Å². The topological polar surface area (TPSA) is 69.4 Å². The Kier molecular flexibility index (Phi) is 4.55. The van der Waals surface area contributed by atoms with Crippen molar-refractivity contribution >= 4 is 5.97 Å². The number of hydrogen-bond donors (Lipinski definition) is 0. The fraction of sp³-hybridized carbons (Fsp3) is 0.278. The van der Waals surface area contributed by atoms with Crippen LogP contribution in [0, 0.1) is 21.8 Å². The fourth-order valence-electron chi connectivity index (χ4n) is 3.14. The minimum Gasteiger partial charge on any atom is -0.457 e. The van der Waals surface area contributed by atoms with E-state index in [4.69, 9.17) is 4.74 Å². The van der Waals surface area contributed by atoms with Crippen molar-refractivity contribution in [3.8, 4) is 0 Å². The van der Waals surface area contributed by atoms with Crippen LogP contribution in [0.5, 0.6) is 0 Å². The second-order valence-corrected chi connectivity index (χ2v) is 5.85. The van der Waals surface area contributed by atoms with Crippen molar-refractivity contribution in [2.45, 2.75) is 18.4 Å². The first-order valence-corrected chi connectivity index (χ1v) is 7.67. The van der Waals surface area contributed by atoms with E-state index in [2.05, 4.69) is 0 Å². The van der Waals surface area contributed by atoms with Gasteiger partial charge in [0.15, 0.2) is 0 Å². The molecule has 0 aromatic heterocycles. The number of rotatable bonds is 5. The Morgan fingerprint density at radius 3 is 2.46 bits per heavy atom. The predicted molar refractivity (Wildman–Crippen MR) is 84.4 cm³/mol. The van der Waals surface area contributed by atoms with Gasteiger partial charge in [0.2, 0.25) is 6.54 Å².